The van der Waals surface area contributed by atoms with Crippen molar-refractivity contribution < 1.29 is 4.39 Å². The number of nitrogens with zero attached hydrogens (tertiary/aromatic N) is 4. The first-order valence-electron chi connectivity index (χ1n) is 6.52. The van der Waals surface area contributed by atoms with E-state index in [1.54, 1.807) is 6.20 Å². The second-order valence-corrected chi connectivity index (χ2v) is 4.86. The molecule has 0 aromatic carbocycles. The molecule has 0 aliphatic heterocycles. The van der Waals surface area contributed by atoms with Gasteiger partial charge in [-0.1, -0.05) is 0 Å². The van der Waals surface area contributed by atoms with E-state index in [9.17, 15) is 4.39 Å². The molecule has 0 radical (unpaired) electrons. The van der Waals surface area contributed by atoms with Crippen molar-refractivity contribution in [2.75, 3.05) is 5.32 Å². The standard InChI is InChI=1S/C13H20FN5/c1-5-18-12(14)11(7-16-18)6-15-13-10(4)8-19(17-13)9(2)3/h7-9H,5-6H2,1-4H3,(H,15,17). The van der Waals surface area contributed by atoms with Crippen molar-refractivity contribution in [3.8, 4) is 0 Å². The lowest BCUT2D eigenvalue weighted by Crippen LogP contribution is -2.06. The fourth-order valence-electron chi connectivity index (χ4n) is 1.85. The predicted molar refractivity (Wildman–Crippen MR) is 72.5 cm³/mol. The molecule has 0 saturated carbocycles. The maximum atomic E-state index is 13.8. The van der Waals surface area contributed by atoms with E-state index in [0.29, 0.717) is 24.7 Å². The van der Waals surface area contributed by atoms with Crippen molar-refractivity contribution in [2.45, 2.75) is 46.8 Å². The zero-order valence-corrected chi connectivity index (χ0v) is 11.8. The largest absolute Gasteiger partial charge is 0.364 e. The summed E-state index contributed by atoms with van der Waals surface area (Å²) in [5.74, 6) is 0.508. The number of aryl methyl sites for hydroxylation is 2. The Kier molecular flexibility index (Phi) is 3.87. The average molecular weight is 265 g/mol. The van der Waals surface area contributed by atoms with E-state index in [0.717, 1.165) is 11.4 Å². The molecule has 0 atom stereocenters. The summed E-state index contributed by atoms with van der Waals surface area (Å²) in [6, 6.07) is 0.314. The van der Waals surface area contributed by atoms with Crippen LogP contribution in [0, 0.1) is 12.9 Å². The molecule has 0 unspecified atom stereocenters. The van der Waals surface area contributed by atoms with Crippen molar-refractivity contribution in [2.24, 2.45) is 0 Å². The molecule has 2 aromatic rings. The highest BCUT2D eigenvalue weighted by Crippen LogP contribution is 2.16. The van der Waals surface area contributed by atoms with Crippen LogP contribution in [0.15, 0.2) is 12.4 Å². The molecule has 0 amide bonds. The molecule has 2 heterocycles. The van der Waals surface area contributed by atoms with Gasteiger partial charge in [0.2, 0.25) is 5.95 Å². The minimum Gasteiger partial charge on any atom is -0.364 e. The van der Waals surface area contributed by atoms with Gasteiger partial charge in [-0.15, -0.1) is 0 Å². The summed E-state index contributed by atoms with van der Waals surface area (Å²) >= 11 is 0. The normalized spacial score (nSPS) is 11.3. The molecule has 0 aliphatic rings. The van der Waals surface area contributed by atoms with Crippen LogP contribution in [0.3, 0.4) is 0 Å². The molecule has 0 bridgehead atoms. The maximum Gasteiger partial charge on any atom is 0.216 e. The molecule has 2 rings (SSSR count). The Hall–Kier alpha value is -1.85. The van der Waals surface area contributed by atoms with Gasteiger partial charge in [-0.25, -0.2) is 4.68 Å². The smallest absolute Gasteiger partial charge is 0.216 e. The van der Waals surface area contributed by atoms with Crippen molar-refractivity contribution >= 4 is 5.82 Å². The third-order valence-corrected chi connectivity index (χ3v) is 3.03. The minimum absolute atomic E-state index is 0.282. The number of rotatable bonds is 5. The monoisotopic (exact) mass is 265 g/mol. The van der Waals surface area contributed by atoms with Crippen molar-refractivity contribution in [1.29, 1.82) is 0 Å². The van der Waals surface area contributed by atoms with Crippen molar-refractivity contribution in [3.63, 3.8) is 0 Å². The molecule has 0 aliphatic carbocycles. The summed E-state index contributed by atoms with van der Waals surface area (Å²) in [6.45, 7) is 8.92. The van der Waals surface area contributed by atoms with Crippen LogP contribution in [0.25, 0.3) is 0 Å². The summed E-state index contributed by atoms with van der Waals surface area (Å²) in [5.41, 5.74) is 1.61. The van der Waals surface area contributed by atoms with E-state index >= 15 is 0 Å². The SMILES string of the molecule is CCn1ncc(CNc2nn(C(C)C)cc2C)c1F. The maximum absolute atomic E-state index is 13.8. The van der Waals surface area contributed by atoms with Gasteiger partial charge in [0.15, 0.2) is 5.82 Å². The average Bonchev–Trinajstić information content (AvgIpc) is 2.91. The summed E-state index contributed by atoms with van der Waals surface area (Å²) in [6.07, 6.45) is 3.54. The van der Waals surface area contributed by atoms with Crippen LogP contribution in [0.1, 0.15) is 37.9 Å². The molecule has 5 nitrogen and oxygen atoms in total. The molecule has 0 fully saturated rings. The van der Waals surface area contributed by atoms with Crippen LogP contribution in [0.5, 0.6) is 0 Å². The number of anilines is 1. The number of halogens is 1. The van der Waals surface area contributed by atoms with Gasteiger partial charge in [-0.3, -0.25) is 4.68 Å². The van der Waals surface area contributed by atoms with Gasteiger partial charge in [-0.05, 0) is 27.7 Å². The van der Waals surface area contributed by atoms with Gasteiger partial charge in [0, 0.05) is 36.5 Å². The second-order valence-electron chi connectivity index (χ2n) is 4.86. The Morgan fingerprint density at radius 2 is 2.16 bits per heavy atom. The minimum atomic E-state index is -0.282. The Morgan fingerprint density at radius 3 is 2.68 bits per heavy atom. The molecular weight excluding hydrogens is 245 g/mol. The number of aromatic nitrogens is 4. The fourth-order valence-corrected chi connectivity index (χ4v) is 1.85. The zero-order valence-electron chi connectivity index (χ0n) is 11.8. The van der Waals surface area contributed by atoms with Gasteiger partial charge in [-0.2, -0.15) is 14.6 Å². The van der Waals surface area contributed by atoms with Crippen LogP contribution in [-0.2, 0) is 13.1 Å². The highest BCUT2D eigenvalue weighted by molar-refractivity contribution is 5.42. The van der Waals surface area contributed by atoms with Crippen LogP contribution < -0.4 is 5.32 Å². The lowest BCUT2D eigenvalue weighted by Gasteiger charge is -2.05. The van der Waals surface area contributed by atoms with Crippen LogP contribution in [0.2, 0.25) is 0 Å². The molecule has 0 saturated heterocycles. The molecule has 19 heavy (non-hydrogen) atoms. The second kappa shape index (κ2) is 5.42. The van der Waals surface area contributed by atoms with E-state index in [2.05, 4.69) is 29.4 Å². The van der Waals surface area contributed by atoms with Gasteiger partial charge < -0.3 is 5.32 Å². The van der Waals surface area contributed by atoms with E-state index in [-0.39, 0.29) is 5.95 Å². The highest BCUT2D eigenvalue weighted by atomic mass is 19.1. The molecule has 104 valence electrons. The van der Waals surface area contributed by atoms with Crippen LogP contribution in [0.4, 0.5) is 10.2 Å². The van der Waals surface area contributed by atoms with Crippen LogP contribution >= 0.6 is 0 Å². The van der Waals surface area contributed by atoms with E-state index in [1.165, 1.54) is 4.68 Å². The fraction of sp³-hybridized carbons (Fsp3) is 0.538. The first kappa shape index (κ1) is 13.6. The Morgan fingerprint density at radius 1 is 1.42 bits per heavy atom. The van der Waals surface area contributed by atoms with E-state index in [1.807, 2.05) is 24.7 Å². The Labute approximate surface area is 112 Å². The number of hydrogen-bond donors (Lipinski definition) is 1. The van der Waals surface area contributed by atoms with E-state index < -0.39 is 0 Å². The van der Waals surface area contributed by atoms with Crippen molar-refractivity contribution in [3.05, 3.63) is 29.5 Å². The Bertz CT molecular complexity index is 555. The molecule has 0 spiro atoms. The third-order valence-electron chi connectivity index (χ3n) is 3.03. The summed E-state index contributed by atoms with van der Waals surface area (Å²) in [5, 5.41) is 11.6. The summed E-state index contributed by atoms with van der Waals surface area (Å²) < 4.78 is 17.0. The molecule has 1 N–H and O–H groups in total. The zero-order chi connectivity index (χ0) is 14.0. The highest BCUT2D eigenvalue weighted by Gasteiger charge is 2.11. The summed E-state index contributed by atoms with van der Waals surface area (Å²) in [7, 11) is 0. The first-order valence-corrected chi connectivity index (χ1v) is 6.52. The molecule has 2 aromatic heterocycles. The topological polar surface area (TPSA) is 47.7 Å². The molecule has 6 heteroatoms. The number of hydrogen-bond acceptors (Lipinski definition) is 3. The Balaban J connectivity index is 2.08. The van der Waals surface area contributed by atoms with Crippen molar-refractivity contribution in [1.82, 2.24) is 19.6 Å². The van der Waals surface area contributed by atoms with Gasteiger partial charge in [0.25, 0.3) is 0 Å². The lowest BCUT2D eigenvalue weighted by molar-refractivity contribution is 0.465. The quantitative estimate of drug-likeness (QED) is 0.904. The first-order chi connectivity index (χ1) is 9.02. The van der Waals surface area contributed by atoms with E-state index in [4.69, 9.17) is 0 Å². The van der Waals surface area contributed by atoms with Gasteiger partial charge >= 0.3 is 0 Å². The van der Waals surface area contributed by atoms with Crippen LogP contribution in [-0.4, -0.2) is 19.6 Å². The lowest BCUT2D eigenvalue weighted by atomic mass is 10.3. The molecular formula is C13H20FN5. The number of nitrogens with one attached hydrogen (secondary N) is 1. The summed E-state index contributed by atoms with van der Waals surface area (Å²) in [4.78, 5) is 0. The van der Waals surface area contributed by atoms with Gasteiger partial charge in [0.1, 0.15) is 0 Å². The van der Waals surface area contributed by atoms with Gasteiger partial charge in [0.05, 0.1) is 6.20 Å². The third kappa shape index (κ3) is 2.77. The predicted octanol–water partition coefficient (Wildman–Crippen LogP) is 2.74.